The molecule has 0 atom stereocenters. The third kappa shape index (κ3) is 5.44. The second kappa shape index (κ2) is 8.71. The Bertz CT molecular complexity index is 377. The van der Waals surface area contributed by atoms with Gasteiger partial charge in [-0.2, -0.15) is 4.98 Å². The van der Waals surface area contributed by atoms with Crippen molar-refractivity contribution >= 4 is 12.6 Å². The number of unbranched alkanes of at least 4 members (excludes halogenated alkanes) is 2. The van der Waals surface area contributed by atoms with Crippen molar-refractivity contribution < 1.29 is 19.5 Å². The summed E-state index contributed by atoms with van der Waals surface area (Å²) in [5.41, 5.74) is 0.152. The third-order valence-electron chi connectivity index (χ3n) is 2.50. The largest absolute Gasteiger partial charge is 0.495 e. The third-order valence-corrected chi connectivity index (χ3v) is 2.50. The molecule has 0 aromatic carbocycles. The molecule has 1 heterocycles. The first-order chi connectivity index (χ1) is 9.19. The topological polar surface area (TPSA) is 84.7 Å². The van der Waals surface area contributed by atoms with Crippen LogP contribution in [0.5, 0.6) is 11.9 Å². The summed E-state index contributed by atoms with van der Waals surface area (Å²) in [7, 11) is -1.65. The molecule has 0 amide bonds. The van der Waals surface area contributed by atoms with E-state index in [1.54, 1.807) is 0 Å². The molecule has 6 nitrogen and oxygen atoms in total. The fourth-order valence-corrected chi connectivity index (χ4v) is 1.34. The van der Waals surface area contributed by atoms with Crippen molar-refractivity contribution in [3.05, 3.63) is 6.20 Å². The molecule has 0 unspecified atom stereocenters. The Hall–Kier alpha value is -1.34. The smallest absolute Gasteiger partial charge is 0.478 e. The molecule has 0 aliphatic rings. The number of hydrogen-bond donors (Lipinski definition) is 2. The number of hydrogen-bond acceptors (Lipinski definition) is 6. The second-order valence-electron chi connectivity index (χ2n) is 4.19. The Morgan fingerprint density at radius 1 is 1.11 bits per heavy atom. The Kier molecular flexibility index (Phi) is 7.21. The molecule has 0 radical (unpaired) electrons. The Balaban J connectivity index is 2.72. The van der Waals surface area contributed by atoms with Gasteiger partial charge in [-0.3, -0.25) is 0 Å². The van der Waals surface area contributed by atoms with E-state index < -0.39 is 7.12 Å². The fourth-order valence-electron chi connectivity index (χ4n) is 1.34. The highest BCUT2D eigenvalue weighted by Crippen LogP contribution is 2.10. The minimum atomic E-state index is -1.65. The van der Waals surface area contributed by atoms with Crippen molar-refractivity contribution in [3.8, 4) is 11.9 Å². The fraction of sp³-hybridized carbons (Fsp3) is 0.667. The van der Waals surface area contributed by atoms with E-state index in [1.807, 2.05) is 6.92 Å². The average molecular weight is 268 g/mol. The van der Waals surface area contributed by atoms with Crippen molar-refractivity contribution in [2.45, 2.75) is 39.5 Å². The van der Waals surface area contributed by atoms with Crippen LogP contribution in [0.4, 0.5) is 0 Å². The molecule has 0 spiro atoms. The zero-order valence-corrected chi connectivity index (χ0v) is 11.5. The molecule has 1 aromatic rings. The SMILES string of the molecule is CCCCOc1ncc(B(O)O)c(OCCCC)n1. The van der Waals surface area contributed by atoms with Gasteiger partial charge in [0.2, 0.25) is 5.88 Å². The highest BCUT2D eigenvalue weighted by molar-refractivity contribution is 6.59. The summed E-state index contributed by atoms with van der Waals surface area (Å²) >= 11 is 0. The summed E-state index contributed by atoms with van der Waals surface area (Å²) < 4.78 is 10.8. The van der Waals surface area contributed by atoms with Crippen LogP contribution in [0.25, 0.3) is 0 Å². The summed E-state index contributed by atoms with van der Waals surface area (Å²) in [6.07, 6.45) is 5.12. The first-order valence-electron chi connectivity index (χ1n) is 6.67. The summed E-state index contributed by atoms with van der Waals surface area (Å²) in [4.78, 5) is 7.99. The lowest BCUT2D eigenvalue weighted by atomic mass is 9.82. The van der Waals surface area contributed by atoms with E-state index >= 15 is 0 Å². The molecule has 2 N–H and O–H groups in total. The van der Waals surface area contributed by atoms with Crippen molar-refractivity contribution in [1.82, 2.24) is 9.97 Å². The van der Waals surface area contributed by atoms with E-state index in [-0.39, 0.29) is 17.4 Å². The van der Waals surface area contributed by atoms with Crippen LogP contribution in [-0.2, 0) is 0 Å². The number of rotatable bonds is 9. The molecule has 0 fully saturated rings. The van der Waals surface area contributed by atoms with Crippen LogP contribution in [0.1, 0.15) is 39.5 Å². The van der Waals surface area contributed by atoms with Crippen LogP contribution < -0.4 is 14.9 Å². The van der Waals surface area contributed by atoms with Crippen LogP contribution in [0.2, 0.25) is 0 Å². The van der Waals surface area contributed by atoms with Crippen LogP contribution in [0.15, 0.2) is 6.20 Å². The summed E-state index contributed by atoms with van der Waals surface area (Å²) in [6, 6.07) is 0.198. The van der Waals surface area contributed by atoms with Gasteiger partial charge in [0.15, 0.2) is 0 Å². The highest BCUT2D eigenvalue weighted by Gasteiger charge is 2.20. The monoisotopic (exact) mass is 268 g/mol. The van der Waals surface area contributed by atoms with Gasteiger partial charge in [0.1, 0.15) is 0 Å². The minimum absolute atomic E-state index is 0.152. The molecule has 0 aliphatic carbocycles. The normalized spacial score (nSPS) is 10.3. The lowest BCUT2D eigenvalue weighted by Crippen LogP contribution is -2.33. The summed E-state index contributed by atoms with van der Waals surface area (Å²) in [5, 5.41) is 18.4. The quantitative estimate of drug-likeness (QED) is 0.501. The van der Waals surface area contributed by atoms with Gasteiger partial charge in [0.25, 0.3) is 0 Å². The number of nitrogens with zero attached hydrogens (tertiary/aromatic N) is 2. The zero-order chi connectivity index (χ0) is 14.1. The highest BCUT2D eigenvalue weighted by atomic mass is 16.5. The lowest BCUT2D eigenvalue weighted by molar-refractivity contribution is 0.265. The van der Waals surface area contributed by atoms with Gasteiger partial charge in [-0.05, 0) is 12.8 Å². The van der Waals surface area contributed by atoms with E-state index in [1.165, 1.54) is 6.20 Å². The zero-order valence-electron chi connectivity index (χ0n) is 11.5. The maximum Gasteiger partial charge on any atom is 0.495 e. The average Bonchev–Trinajstić information content (AvgIpc) is 2.39. The van der Waals surface area contributed by atoms with E-state index in [0.29, 0.717) is 13.2 Å². The van der Waals surface area contributed by atoms with Crippen LogP contribution in [0, 0.1) is 0 Å². The molecular formula is C12H21BN2O4. The van der Waals surface area contributed by atoms with E-state index in [0.717, 1.165) is 25.7 Å². The predicted octanol–water partition coefficient (Wildman–Crippen LogP) is 0.514. The molecular weight excluding hydrogens is 247 g/mol. The minimum Gasteiger partial charge on any atom is -0.478 e. The lowest BCUT2D eigenvalue weighted by Gasteiger charge is -2.11. The number of aromatic nitrogens is 2. The van der Waals surface area contributed by atoms with E-state index in [2.05, 4.69) is 16.9 Å². The molecule has 0 saturated heterocycles. The molecule has 106 valence electrons. The van der Waals surface area contributed by atoms with Crippen molar-refractivity contribution in [3.63, 3.8) is 0 Å². The first kappa shape index (κ1) is 15.7. The Labute approximate surface area is 113 Å². The number of ether oxygens (including phenoxy) is 2. The van der Waals surface area contributed by atoms with Gasteiger partial charge >= 0.3 is 13.1 Å². The van der Waals surface area contributed by atoms with Gasteiger partial charge in [-0.15, -0.1) is 0 Å². The van der Waals surface area contributed by atoms with Gasteiger partial charge < -0.3 is 19.5 Å². The maximum absolute atomic E-state index is 9.22. The molecule has 19 heavy (non-hydrogen) atoms. The first-order valence-corrected chi connectivity index (χ1v) is 6.67. The molecule has 1 aromatic heterocycles. The van der Waals surface area contributed by atoms with E-state index in [4.69, 9.17) is 9.47 Å². The maximum atomic E-state index is 9.22. The van der Waals surface area contributed by atoms with Crippen LogP contribution >= 0.6 is 0 Å². The molecule has 7 heteroatoms. The van der Waals surface area contributed by atoms with Crippen LogP contribution in [-0.4, -0.2) is 40.3 Å². The predicted molar refractivity (Wildman–Crippen MR) is 72.7 cm³/mol. The van der Waals surface area contributed by atoms with Gasteiger partial charge in [-0.25, -0.2) is 4.98 Å². The molecule has 1 rings (SSSR count). The van der Waals surface area contributed by atoms with Crippen molar-refractivity contribution in [2.75, 3.05) is 13.2 Å². The second-order valence-corrected chi connectivity index (χ2v) is 4.19. The molecule has 0 aliphatic heterocycles. The summed E-state index contributed by atoms with van der Waals surface area (Å²) in [6.45, 7) is 5.12. The van der Waals surface area contributed by atoms with Gasteiger partial charge in [0.05, 0.1) is 18.7 Å². The Morgan fingerprint density at radius 3 is 2.32 bits per heavy atom. The molecule has 0 bridgehead atoms. The summed E-state index contributed by atoms with van der Waals surface area (Å²) in [5.74, 6) is 0.171. The molecule has 0 saturated carbocycles. The van der Waals surface area contributed by atoms with Gasteiger partial charge in [0, 0.05) is 6.20 Å². The van der Waals surface area contributed by atoms with Crippen molar-refractivity contribution in [2.24, 2.45) is 0 Å². The van der Waals surface area contributed by atoms with E-state index in [9.17, 15) is 10.0 Å². The van der Waals surface area contributed by atoms with Crippen molar-refractivity contribution in [1.29, 1.82) is 0 Å². The standard InChI is InChI=1S/C12H21BN2O4/c1-3-5-7-18-11-10(13(16)17)9-14-12(15-11)19-8-6-4-2/h9,16-17H,3-8H2,1-2H3. The van der Waals surface area contributed by atoms with Crippen LogP contribution in [0.3, 0.4) is 0 Å². The van der Waals surface area contributed by atoms with Gasteiger partial charge in [-0.1, -0.05) is 26.7 Å². The Morgan fingerprint density at radius 2 is 1.74 bits per heavy atom.